The molecule has 2 unspecified atom stereocenters. The van der Waals surface area contributed by atoms with Gasteiger partial charge in [0.25, 0.3) is 0 Å². The minimum absolute atomic E-state index is 0.171. The molecule has 0 bridgehead atoms. The lowest BCUT2D eigenvalue weighted by Gasteiger charge is -2.37. The first-order valence-electron chi connectivity index (χ1n) is 7.58. The van der Waals surface area contributed by atoms with Crippen molar-refractivity contribution in [1.29, 1.82) is 0 Å². The molecule has 1 aliphatic heterocycles. The van der Waals surface area contributed by atoms with Crippen molar-refractivity contribution >= 4 is 23.2 Å². The second-order valence-electron chi connectivity index (χ2n) is 5.54. The first kappa shape index (κ1) is 16.1. The molecule has 0 radical (unpaired) electrons. The maximum absolute atomic E-state index is 6.40. The van der Waals surface area contributed by atoms with Crippen molar-refractivity contribution in [3.63, 3.8) is 0 Å². The standard InChI is InChI=1S/C16H24Cl2N2/c1-2-12-7-4-3-5-10-20(12)15(11-19)13-8-6-9-14(17)16(13)18/h6,8-9,12,15H,2-5,7,10-11,19H2,1H3. The molecule has 2 N–H and O–H groups in total. The van der Waals surface area contributed by atoms with Crippen LogP contribution in [0.5, 0.6) is 0 Å². The zero-order valence-electron chi connectivity index (χ0n) is 12.1. The molecular formula is C16H24Cl2N2. The number of nitrogens with zero attached hydrogens (tertiary/aromatic N) is 1. The van der Waals surface area contributed by atoms with Gasteiger partial charge in [0.15, 0.2) is 0 Å². The van der Waals surface area contributed by atoms with Gasteiger partial charge in [-0.3, -0.25) is 4.90 Å². The fourth-order valence-electron chi connectivity index (χ4n) is 3.27. The van der Waals surface area contributed by atoms with Crippen LogP contribution in [0.15, 0.2) is 18.2 Å². The van der Waals surface area contributed by atoms with E-state index in [1.54, 1.807) is 0 Å². The lowest BCUT2D eigenvalue weighted by Crippen LogP contribution is -2.41. The number of likely N-dealkylation sites (tertiary alicyclic amines) is 1. The molecule has 0 spiro atoms. The normalized spacial score (nSPS) is 22.5. The van der Waals surface area contributed by atoms with E-state index in [4.69, 9.17) is 28.9 Å². The van der Waals surface area contributed by atoms with Gasteiger partial charge in [-0.25, -0.2) is 0 Å². The van der Waals surface area contributed by atoms with Crippen LogP contribution >= 0.6 is 23.2 Å². The van der Waals surface area contributed by atoms with Gasteiger partial charge in [-0.15, -0.1) is 0 Å². The van der Waals surface area contributed by atoms with Crippen molar-refractivity contribution in [1.82, 2.24) is 4.90 Å². The summed E-state index contributed by atoms with van der Waals surface area (Å²) in [5, 5.41) is 1.27. The smallest absolute Gasteiger partial charge is 0.0640 e. The van der Waals surface area contributed by atoms with Gasteiger partial charge in [0.05, 0.1) is 10.0 Å². The van der Waals surface area contributed by atoms with Crippen molar-refractivity contribution < 1.29 is 0 Å². The van der Waals surface area contributed by atoms with Crippen molar-refractivity contribution in [2.75, 3.05) is 13.1 Å². The molecule has 4 heteroatoms. The Morgan fingerprint density at radius 2 is 2.10 bits per heavy atom. The highest BCUT2D eigenvalue weighted by Crippen LogP contribution is 2.35. The van der Waals surface area contributed by atoms with Crippen molar-refractivity contribution in [2.45, 2.75) is 51.1 Å². The van der Waals surface area contributed by atoms with Crippen LogP contribution in [0.25, 0.3) is 0 Å². The Morgan fingerprint density at radius 1 is 1.30 bits per heavy atom. The summed E-state index contributed by atoms with van der Waals surface area (Å²) >= 11 is 12.6. The van der Waals surface area contributed by atoms with Gasteiger partial charge in [0.2, 0.25) is 0 Å². The Hall–Kier alpha value is -0.280. The Balaban J connectivity index is 2.31. The van der Waals surface area contributed by atoms with E-state index in [2.05, 4.69) is 17.9 Å². The van der Waals surface area contributed by atoms with E-state index in [0.29, 0.717) is 22.6 Å². The lowest BCUT2D eigenvalue weighted by atomic mass is 10.0. The molecule has 1 saturated heterocycles. The van der Waals surface area contributed by atoms with Gasteiger partial charge in [0.1, 0.15) is 0 Å². The predicted molar refractivity (Wildman–Crippen MR) is 87.5 cm³/mol. The van der Waals surface area contributed by atoms with Crippen LogP contribution in [-0.4, -0.2) is 24.0 Å². The summed E-state index contributed by atoms with van der Waals surface area (Å²) in [5.41, 5.74) is 7.15. The molecule has 1 heterocycles. The molecule has 2 rings (SSSR count). The molecule has 112 valence electrons. The molecule has 0 amide bonds. The van der Waals surface area contributed by atoms with Crippen molar-refractivity contribution in [3.8, 4) is 0 Å². The highest BCUT2D eigenvalue weighted by molar-refractivity contribution is 6.42. The molecule has 1 aliphatic rings. The van der Waals surface area contributed by atoms with E-state index in [-0.39, 0.29) is 6.04 Å². The van der Waals surface area contributed by atoms with Crippen LogP contribution in [-0.2, 0) is 0 Å². The number of benzene rings is 1. The summed E-state index contributed by atoms with van der Waals surface area (Å²) < 4.78 is 0. The van der Waals surface area contributed by atoms with Crippen LogP contribution < -0.4 is 5.73 Å². The topological polar surface area (TPSA) is 29.3 Å². The van der Waals surface area contributed by atoms with Crippen LogP contribution in [0, 0.1) is 0 Å². The van der Waals surface area contributed by atoms with E-state index in [1.165, 1.54) is 25.7 Å². The fourth-order valence-corrected chi connectivity index (χ4v) is 3.70. The highest BCUT2D eigenvalue weighted by atomic mass is 35.5. The molecule has 1 aromatic carbocycles. The predicted octanol–water partition coefficient (Wildman–Crippen LogP) is 4.65. The summed E-state index contributed by atoms with van der Waals surface area (Å²) in [6.45, 7) is 3.94. The molecule has 0 aromatic heterocycles. The van der Waals surface area contributed by atoms with E-state index in [0.717, 1.165) is 18.5 Å². The number of rotatable bonds is 4. The molecule has 2 atom stereocenters. The lowest BCUT2D eigenvalue weighted by molar-refractivity contribution is 0.136. The Bertz CT molecular complexity index is 436. The summed E-state index contributed by atoms with van der Waals surface area (Å²) in [6.07, 6.45) is 6.29. The van der Waals surface area contributed by atoms with Crippen LogP contribution in [0.3, 0.4) is 0 Å². The monoisotopic (exact) mass is 314 g/mol. The minimum atomic E-state index is 0.171. The average Bonchev–Trinajstić information content (AvgIpc) is 2.69. The SMILES string of the molecule is CCC1CCCCCN1C(CN)c1cccc(Cl)c1Cl. The van der Waals surface area contributed by atoms with Gasteiger partial charge in [0, 0.05) is 18.6 Å². The maximum Gasteiger partial charge on any atom is 0.0640 e. The number of hydrogen-bond acceptors (Lipinski definition) is 2. The number of nitrogens with two attached hydrogens (primary N) is 1. The van der Waals surface area contributed by atoms with Gasteiger partial charge < -0.3 is 5.73 Å². The van der Waals surface area contributed by atoms with Crippen LogP contribution in [0.1, 0.15) is 50.6 Å². The second kappa shape index (κ2) is 7.65. The zero-order valence-corrected chi connectivity index (χ0v) is 13.6. The van der Waals surface area contributed by atoms with Crippen LogP contribution in [0.2, 0.25) is 10.0 Å². The molecule has 0 aliphatic carbocycles. The Kier molecular flexibility index (Phi) is 6.16. The quantitative estimate of drug-likeness (QED) is 0.876. The molecule has 0 saturated carbocycles. The summed E-state index contributed by atoms with van der Waals surface area (Å²) in [4.78, 5) is 2.55. The number of hydrogen-bond donors (Lipinski definition) is 1. The van der Waals surface area contributed by atoms with E-state index >= 15 is 0 Å². The Morgan fingerprint density at radius 3 is 2.80 bits per heavy atom. The van der Waals surface area contributed by atoms with Gasteiger partial charge in [-0.05, 0) is 37.4 Å². The third-order valence-corrected chi connectivity index (χ3v) is 5.19. The van der Waals surface area contributed by atoms with E-state index in [1.807, 2.05) is 12.1 Å². The summed E-state index contributed by atoms with van der Waals surface area (Å²) in [6, 6.07) is 6.63. The molecule has 20 heavy (non-hydrogen) atoms. The maximum atomic E-state index is 6.40. The van der Waals surface area contributed by atoms with Gasteiger partial charge in [-0.1, -0.05) is 55.1 Å². The van der Waals surface area contributed by atoms with Crippen LogP contribution in [0.4, 0.5) is 0 Å². The first-order valence-corrected chi connectivity index (χ1v) is 8.34. The average molecular weight is 315 g/mol. The second-order valence-corrected chi connectivity index (χ2v) is 6.33. The van der Waals surface area contributed by atoms with Crippen molar-refractivity contribution in [2.24, 2.45) is 5.73 Å². The first-order chi connectivity index (χ1) is 9.69. The molecule has 2 nitrogen and oxygen atoms in total. The Labute approximate surface area is 132 Å². The summed E-state index contributed by atoms with van der Waals surface area (Å²) in [5.74, 6) is 0. The fraction of sp³-hybridized carbons (Fsp3) is 0.625. The number of halogens is 2. The zero-order chi connectivity index (χ0) is 14.5. The van der Waals surface area contributed by atoms with Gasteiger partial charge >= 0.3 is 0 Å². The summed E-state index contributed by atoms with van der Waals surface area (Å²) in [7, 11) is 0. The molecule has 1 fully saturated rings. The highest BCUT2D eigenvalue weighted by Gasteiger charge is 2.28. The van der Waals surface area contributed by atoms with E-state index in [9.17, 15) is 0 Å². The van der Waals surface area contributed by atoms with E-state index < -0.39 is 0 Å². The molecular weight excluding hydrogens is 291 g/mol. The molecule has 1 aromatic rings. The largest absolute Gasteiger partial charge is 0.329 e. The third kappa shape index (κ3) is 3.48. The van der Waals surface area contributed by atoms with Gasteiger partial charge in [-0.2, -0.15) is 0 Å². The third-order valence-electron chi connectivity index (χ3n) is 4.36. The minimum Gasteiger partial charge on any atom is -0.329 e. The van der Waals surface area contributed by atoms with Crippen molar-refractivity contribution in [3.05, 3.63) is 33.8 Å².